The highest BCUT2D eigenvalue weighted by Crippen LogP contribution is 2.29. The topological polar surface area (TPSA) is 62.6 Å². The Kier molecular flexibility index (Phi) is 4.14. The van der Waals surface area contributed by atoms with E-state index in [4.69, 9.17) is 4.42 Å². The molecular weight excluding hydrogens is 299 g/mol. The lowest BCUT2D eigenvalue weighted by atomic mass is 9.93. The van der Waals surface area contributed by atoms with E-state index in [0.717, 1.165) is 11.1 Å². The Morgan fingerprint density at radius 3 is 2.96 bits per heavy atom. The van der Waals surface area contributed by atoms with Crippen molar-refractivity contribution in [1.82, 2.24) is 10.2 Å². The predicted octanol–water partition coefficient (Wildman–Crippen LogP) is 2.29. The second-order valence-electron chi connectivity index (χ2n) is 5.52. The number of fused-ring (bicyclic) bond motifs is 1. The van der Waals surface area contributed by atoms with Gasteiger partial charge in [-0.3, -0.25) is 9.59 Å². The largest absolute Gasteiger partial charge is 0.459 e. The molecule has 1 N–H and O–H groups in total. The number of benzene rings is 1. The van der Waals surface area contributed by atoms with Crippen molar-refractivity contribution in [2.24, 2.45) is 0 Å². The summed E-state index contributed by atoms with van der Waals surface area (Å²) in [4.78, 5) is 25.9. The SMILES string of the molecule is C[C@H]1c2ccc(F)cc2CCN1C(=O)CNC(=O)c1ccco1. The van der Waals surface area contributed by atoms with E-state index in [-0.39, 0.29) is 30.1 Å². The fourth-order valence-electron chi connectivity index (χ4n) is 2.89. The zero-order chi connectivity index (χ0) is 16.4. The van der Waals surface area contributed by atoms with Gasteiger partial charge in [0.1, 0.15) is 5.82 Å². The Hall–Kier alpha value is -2.63. The normalized spacial score (nSPS) is 16.8. The van der Waals surface area contributed by atoms with E-state index in [1.54, 1.807) is 17.0 Å². The van der Waals surface area contributed by atoms with E-state index >= 15 is 0 Å². The number of nitrogens with zero attached hydrogens (tertiary/aromatic N) is 1. The Morgan fingerprint density at radius 1 is 1.39 bits per heavy atom. The second-order valence-corrected chi connectivity index (χ2v) is 5.52. The zero-order valence-corrected chi connectivity index (χ0v) is 12.7. The van der Waals surface area contributed by atoms with Crippen LogP contribution in [0.15, 0.2) is 41.0 Å². The molecule has 120 valence electrons. The molecule has 6 heteroatoms. The van der Waals surface area contributed by atoms with Gasteiger partial charge in [0.25, 0.3) is 5.91 Å². The third-order valence-electron chi connectivity index (χ3n) is 4.11. The summed E-state index contributed by atoms with van der Waals surface area (Å²) in [6, 6.07) is 7.64. The number of carbonyl (C=O) groups is 2. The Morgan fingerprint density at radius 2 is 2.22 bits per heavy atom. The van der Waals surface area contributed by atoms with Crippen LogP contribution in [0.25, 0.3) is 0 Å². The molecule has 5 nitrogen and oxygen atoms in total. The molecule has 1 aliphatic heterocycles. The van der Waals surface area contributed by atoms with Gasteiger partial charge in [0.05, 0.1) is 18.8 Å². The second kappa shape index (κ2) is 6.24. The minimum Gasteiger partial charge on any atom is -0.459 e. The maximum Gasteiger partial charge on any atom is 0.287 e. The summed E-state index contributed by atoms with van der Waals surface area (Å²) in [5.41, 5.74) is 1.88. The molecule has 3 rings (SSSR count). The van der Waals surface area contributed by atoms with Crippen LogP contribution < -0.4 is 5.32 Å². The molecule has 23 heavy (non-hydrogen) atoms. The number of hydrogen-bond acceptors (Lipinski definition) is 3. The van der Waals surface area contributed by atoms with Crippen molar-refractivity contribution < 1.29 is 18.4 Å². The van der Waals surface area contributed by atoms with Gasteiger partial charge in [0.2, 0.25) is 5.91 Å². The van der Waals surface area contributed by atoms with Crippen molar-refractivity contribution in [3.05, 3.63) is 59.3 Å². The first-order valence-electron chi connectivity index (χ1n) is 7.46. The molecule has 0 spiro atoms. The summed E-state index contributed by atoms with van der Waals surface area (Å²) in [7, 11) is 0. The van der Waals surface area contributed by atoms with E-state index in [1.807, 2.05) is 6.92 Å². The van der Waals surface area contributed by atoms with Crippen LogP contribution in [-0.2, 0) is 11.2 Å². The van der Waals surface area contributed by atoms with Crippen molar-refractivity contribution >= 4 is 11.8 Å². The van der Waals surface area contributed by atoms with Gasteiger partial charge in [-0.1, -0.05) is 6.07 Å². The van der Waals surface area contributed by atoms with Crippen molar-refractivity contribution in [3.63, 3.8) is 0 Å². The molecule has 0 bridgehead atoms. The number of rotatable bonds is 3. The van der Waals surface area contributed by atoms with E-state index in [2.05, 4.69) is 5.32 Å². The number of carbonyl (C=O) groups excluding carboxylic acids is 2. The standard InChI is InChI=1S/C17H17FN2O3/c1-11-14-5-4-13(18)9-12(14)6-7-20(11)16(21)10-19-17(22)15-3-2-8-23-15/h2-5,8-9,11H,6-7,10H2,1H3,(H,19,22)/t11-/m0/s1. The van der Waals surface area contributed by atoms with Crippen LogP contribution in [0.1, 0.15) is 34.6 Å². The lowest BCUT2D eigenvalue weighted by Crippen LogP contribution is -2.44. The third kappa shape index (κ3) is 3.11. The van der Waals surface area contributed by atoms with Gasteiger partial charge in [-0.25, -0.2) is 4.39 Å². The Labute approximate surface area is 133 Å². The molecule has 0 unspecified atom stereocenters. The molecule has 1 aliphatic rings. The Bertz CT molecular complexity index is 727. The van der Waals surface area contributed by atoms with Crippen LogP contribution in [0, 0.1) is 5.82 Å². The average Bonchev–Trinajstić information content (AvgIpc) is 3.07. The predicted molar refractivity (Wildman–Crippen MR) is 81.3 cm³/mol. The van der Waals surface area contributed by atoms with Crippen LogP contribution >= 0.6 is 0 Å². The van der Waals surface area contributed by atoms with Gasteiger partial charge in [-0.15, -0.1) is 0 Å². The van der Waals surface area contributed by atoms with E-state index in [0.29, 0.717) is 13.0 Å². The summed E-state index contributed by atoms with van der Waals surface area (Å²) in [6.07, 6.45) is 2.01. The van der Waals surface area contributed by atoms with E-state index in [1.165, 1.54) is 24.5 Å². The van der Waals surface area contributed by atoms with E-state index < -0.39 is 5.91 Å². The smallest absolute Gasteiger partial charge is 0.287 e. The minimum absolute atomic E-state index is 0.0968. The first-order valence-corrected chi connectivity index (χ1v) is 7.46. The van der Waals surface area contributed by atoms with Crippen molar-refractivity contribution in [2.75, 3.05) is 13.1 Å². The van der Waals surface area contributed by atoms with Gasteiger partial charge >= 0.3 is 0 Å². The summed E-state index contributed by atoms with van der Waals surface area (Å²) >= 11 is 0. The van der Waals surface area contributed by atoms with Gasteiger partial charge in [-0.05, 0) is 48.7 Å². The number of furan rings is 1. The van der Waals surface area contributed by atoms with Gasteiger partial charge in [0, 0.05) is 6.54 Å². The van der Waals surface area contributed by atoms with Crippen molar-refractivity contribution in [1.29, 1.82) is 0 Å². The summed E-state index contributed by atoms with van der Waals surface area (Å²) in [5.74, 6) is -0.686. The molecule has 0 saturated carbocycles. The van der Waals surface area contributed by atoms with Crippen LogP contribution in [0.3, 0.4) is 0 Å². The summed E-state index contributed by atoms with van der Waals surface area (Å²) in [5, 5.41) is 2.55. The average molecular weight is 316 g/mol. The fraction of sp³-hybridized carbons (Fsp3) is 0.294. The number of hydrogen-bond donors (Lipinski definition) is 1. The van der Waals surface area contributed by atoms with Gasteiger partial charge in [0.15, 0.2) is 5.76 Å². The highest BCUT2D eigenvalue weighted by molar-refractivity contribution is 5.94. The van der Waals surface area contributed by atoms with E-state index in [9.17, 15) is 14.0 Å². The minimum atomic E-state index is -0.421. The fourth-order valence-corrected chi connectivity index (χ4v) is 2.89. The zero-order valence-electron chi connectivity index (χ0n) is 12.7. The Balaban J connectivity index is 1.64. The molecule has 1 atom stereocenters. The van der Waals surface area contributed by atoms with Crippen molar-refractivity contribution in [2.45, 2.75) is 19.4 Å². The number of halogens is 1. The maximum atomic E-state index is 13.3. The molecule has 2 heterocycles. The van der Waals surface area contributed by atoms with Crippen LogP contribution in [0.5, 0.6) is 0 Å². The lowest BCUT2D eigenvalue weighted by molar-refractivity contribution is -0.132. The molecule has 2 amide bonds. The van der Waals surface area contributed by atoms with Gasteiger partial charge < -0.3 is 14.6 Å². The summed E-state index contributed by atoms with van der Waals surface area (Å²) in [6.45, 7) is 2.32. The third-order valence-corrected chi connectivity index (χ3v) is 4.11. The molecule has 2 aromatic rings. The van der Waals surface area contributed by atoms with Crippen molar-refractivity contribution in [3.8, 4) is 0 Å². The first kappa shape index (κ1) is 15.3. The molecule has 0 saturated heterocycles. The number of amides is 2. The van der Waals surface area contributed by atoms with Crippen LogP contribution in [-0.4, -0.2) is 29.8 Å². The molecule has 1 aromatic carbocycles. The highest BCUT2D eigenvalue weighted by atomic mass is 19.1. The quantitative estimate of drug-likeness (QED) is 0.945. The molecule has 1 aromatic heterocycles. The first-order chi connectivity index (χ1) is 11.1. The highest BCUT2D eigenvalue weighted by Gasteiger charge is 2.27. The van der Waals surface area contributed by atoms with Crippen LogP contribution in [0.2, 0.25) is 0 Å². The maximum absolute atomic E-state index is 13.3. The van der Waals surface area contributed by atoms with Crippen LogP contribution in [0.4, 0.5) is 4.39 Å². The molecular formula is C17H17FN2O3. The number of nitrogens with one attached hydrogen (secondary N) is 1. The lowest BCUT2D eigenvalue weighted by Gasteiger charge is -2.35. The molecule has 0 fully saturated rings. The van der Waals surface area contributed by atoms with Gasteiger partial charge in [-0.2, -0.15) is 0 Å². The monoisotopic (exact) mass is 316 g/mol. The summed E-state index contributed by atoms with van der Waals surface area (Å²) < 4.78 is 18.3. The molecule has 0 aliphatic carbocycles. The molecule has 0 radical (unpaired) electrons.